The summed E-state index contributed by atoms with van der Waals surface area (Å²) in [4.78, 5) is 31.4. The molecule has 0 saturated heterocycles. The molecule has 2 N–H and O–H groups in total. The van der Waals surface area contributed by atoms with Crippen molar-refractivity contribution < 1.29 is 32.0 Å². The minimum Gasteiger partial charge on any atom is -0.487 e. The Labute approximate surface area is 187 Å². The number of rotatable bonds is 8. The number of ether oxygens (including phenoxy) is 1. The van der Waals surface area contributed by atoms with Crippen LogP contribution in [0.15, 0.2) is 40.2 Å². The molecular weight excluding hydrogens is 459 g/mol. The lowest BCUT2D eigenvalue weighted by Gasteiger charge is -2.26. The number of aromatic nitrogens is 2. The molecule has 2 aromatic rings. The molecule has 1 heterocycles. The van der Waals surface area contributed by atoms with Gasteiger partial charge in [0.1, 0.15) is 0 Å². The number of benzene rings is 1. The summed E-state index contributed by atoms with van der Waals surface area (Å²) in [5, 5.41) is 4.24. The lowest BCUT2D eigenvalue weighted by Crippen LogP contribution is -2.37. The van der Waals surface area contributed by atoms with E-state index in [9.17, 15) is 17.8 Å². The topological polar surface area (TPSA) is 145 Å². The van der Waals surface area contributed by atoms with Crippen molar-refractivity contribution >= 4 is 17.7 Å². The van der Waals surface area contributed by atoms with E-state index in [1.807, 2.05) is 20.8 Å². The van der Waals surface area contributed by atoms with Gasteiger partial charge in [0.25, 0.3) is 0 Å². The molecule has 12 heteroatoms. The second-order valence-electron chi connectivity index (χ2n) is 9.01. The predicted molar refractivity (Wildman–Crippen MR) is 119 cm³/mol. The highest BCUT2D eigenvalue weighted by molar-refractivity contribution is 7.90. The number of phosphoric acid groups is 1. The van der Waals surface area contributed by atoms with Crippen LogP contribution in [0.25, 0.3) is 11.1 Å². The van der Waals surface area contributed by atoms with Crippen LogP contribution in [0.3, 0.4) is 0 Å². The summed E-state index contributed by atoms with van der Waals surface area (Å²) in [6.07, 6.45) is 2.65. The average Bonchev–Trinajstić information content (AvgIpc) is 2.59. The van der Waals surface area contributed by atoms with Gasteiger partial charge in [-0.1, -0.05) is 12.1 Å². The van der Waals surface area contributed by atoms with Crippen molar-refractivity contribution in [3.05, 3.63) is 40.8 Å². The summed E-state index contributed by atoms with van der Waals surface area (Å²) in [6.45, 7) is 8.36. The van der Waals surface area contributed by atoms with Crippen LogP contribution in [0.2, 0.25) is 0 Å². The van der Waals surface area contributed by atoms with E-state index in [0.717, 1.165) is 6.26 Å². The summed E-state index contributed by atoms with van der Waals surface area (Å²) < 4.78 is 46.4. The van der Waals surface area contributed by atoms with E-state index in [1.165, 1.54) is 36.9 Å². The molecule has 0 atom stereocenters. The Morgan fingerprint density at radius 2 is 1.66 bits per heavy atom. The van der Waals surface area contributed by atoms with Crippen molar-refractivity contribution in [1.82, 2.24) is 9.78 Å². The summed E-state index contributed by atoms with van der Waals surface area (Å²) in [5.41, 5.74) is -1.42. The Morgan fingerprint density at radius 1 is 1.09 bits per heavy atom. The van der Waals surface area contributed by atoms with Gasteiger partial charge in [0.05, 0.1) is 28.8 Å². The van der Waals surface area contributed by atoms with Crippen LogP contribution in [-0.4, -0.2) is 46.4 Å². The zero-order valence-electron chi connectivity index (χ0n) is 18.9. The van der Waals surface area contributed by atoms with Gasteiger partial charge in [-0.05, 0) is 52.3 Å². The van der Waals surface area contributed by atoms with Crippen molar-refractivity contribution in [3.63, 3.8) is 0 Å². The first-order chi connectivity index (χ1) is 14.4. The number of hydrogen-bond acceptors (Lipinski definition) is 7. The standard InChI is InChI=1S/C20H29N2O8PS/c1-19(2,3)22-18(23)17(29-12-11-20(4,5)30-31(24,25)26)16(13-21-22)14-7-9-15(10-8-14)32(6,27)28/h7-10,13H,11-12H2,1-6H3,(H2,24,25,26). The lowest BCUT2D eigenvalue weighted by molar-refractivity contribution is 0.0460. The molecule has 0 fully saturated rings. The molecular formula is C20H29N2O8PS. The number of hydrogen-bond donors (Lipinski definition) is 2. The monoisotopic (exact) mass is 488 g/mol. The molecule has 0 bridgehead atoms. The maximum absolute atomic E-state index is 13.1. The highest BCUT2D eigenvalue weighted by Crippen LogP contribution is 2.42. The first-order valence-electron chi connectivity index (χ1n) is 9.73. The Bertz CT molecular complexity index is 1180. The van der Waals surface area contributed by atoms with Gasteiger partial charge in [-0.3, -0.25) is 9.32 Å². The molecule has 0 unspecified atom stereocenters. The molecule has 2 rings (SSSR count). The highest BCUT2D eigenvalue weighted by Gasteiger charge is 2.29. The third-order valence-corrected chi connectivity index (χ3v) is 6.34. The van der Waals surface area contributed by atoms with Crippen LogP contribution in [0.1, 0.15) is 41.0 Å². The van der Waals surface area contributed by atoms with Gasteiger partial charge in [-0.2, -0.15) is 5.10 Å². The zero-order chi connectivity index (χ0) is 24.5. The number of sulfone groups is 1. The van der Waals surface area contributed by atoms with Crippen LogP contribution in [-0.2, 0) is 24.5 Å². The van der Waals surface area contributed by atoms with Crippen molar-refractivity contribution in [2.24, 2.45) is 0 Å². The third kappa shape index (κ3) is 6.98. The van der Waals surface area contributed by atoms with Crippen molar-refractivity contribution in [2.75, 3.05) is 12.9 Å². The van der Waals surface area contributed by atoms with Gasteiger partial charge in [0.2, 0.25) is 0 Å². The van der Waals surface area contributed by atoms with E-state index in [0.29, 0.717) is 11.1 Å². The normalized spacial score (nSPS) is 13.2. The van der Waals surface area contributed by atoms with E-state index in [4.69, 9.17) is 19.0 Å². The fourth-order valence-electron chi connectivity index (χ4n) is 2.91. The summed E-state index contributed by atoms with van der Waals surface area (Å²) in [5.74, 6) is -0.00555. The smallest absolute Gasteiger partial charge is 0.470 e. The first-order valence-corrected chi connectivity index (χ1v) is 13.2. The van der Waals surface area contributed by atoms with Gasteiger partial charge >= 0.3 is 13.4 Å². The maximum Gasteiger partial charge on any atom is 0.470 e. The molecule has 0 amide bonds. The van der Waals surface area contributed by atoms with Gasteiger partial charge in [-0.25, -0.2) is 17.7 Å². The fraction of sp³-hybridized carbons (Fsp3) is 0.500. The van der Waals surface area contributed by atoms with Gasteiger partial charge in [0, 0.05) is 18.2 Å². The molecule has 0 saturated carbocycles. The zero-order valence-corrected chi connectivity index (χ0v) is 20.6. The lowest BCUT2D eigenvalue weighted by atomic mass is 10.1. The van der Waals surface area contributed by atoms with E-state index in [2.05, 4.69) is 5.10 Å². The van der Waals surface area contributed by atoms with Crippen LogP contribution in [0.4, 0.5) is 0 Å². The van der Waals surface area contributed by atoms with E-state index >= 15 is 0 Å². The van der Waals surface area contributed by atoms with Crippen molar-refractivity contribution in [2.45, 2.75) is 57.1 Å². The molecule has 32 heavy (non-hydrogen) atoms. The molecule has 1 aromatic heterocycles. The molecule has 10 nitrogen and oxygen atoms in total. The van der Waals surface area contributed by atoms with Crippen LogP contribution >= 0.6 is 7.82 Å². The Kier molecular flexibility index (Phi) is 7.43. The Hall–Kier alpha value is -2.04. The maximum atomic E-state index is 13.1. The second kappa shape index (κ2) is 9.07. The van der Waals surface area contributed by atoms with Gasteiger partial charge in [0.15, 0.2) is 15.6 Å². The van der Waals surface area contributed by atoms with Crippen molar-refractivity contribution in [1.29, 1.82) is 0 Å². The average molecular weight is 488 g/mol. The van der Waals surface area contributed by atoms with Crippen molar-refractivity contribution in [3.8, 4) is 16.9 Å². The minimum atomic E-state index is -4.70. The first kappa shape index (κ1) is 26.2. The molecule has 178 valence electrons. The molecule has 0 aliphatic rings. The molecule has 0 aliphatic heterocycles. The van der Waals surface area contributed by atoms with E-state index in [1.54, 1.807) is 12.1 Å². The second-order valence-corrected chi connectivity index (χ2v) is 12.2. The van der Waals surface area contributed by atoms with Crippen LogP contribution < -0.4 is 10.3 Å². The van der Waals surface area contributed by atoms with E-state index in [-0.39, 0.29) is 23.7 Å². The number of phosphoric ester groups is 1. The quantitative estimate of drug-likeness (QED) is 0.536. The Morgan fingerprint density at radius 3 is 2.12 bits per heavy atom. The molecule has 0 spiro atoms. The van der Waals surface area contributed by atoms with Crippen LogP contribution in [0.5, 0.6) is 5.75 Å². The Balaban J connectivity index is 2.45. The minimum absolute atomic E-state index is 0.00555. The predicted octanol–water partition coefficient (Wildman–Crippen LogP) is 2.73. The third-order valence-electron chi connectivity index (χ3n) is 4.48. The summed E-state index contributed by atoms with van der Waals surface area (Å²) in [7, 11) is -8.08. The largest absolute Gasteiger partial charge is 0.487 e. The van der Waals surface area contributed by atoms with E-state index < -0.39 is 34.4 Å². The highest BCUT2D eigenvalue weighted by atomic mass is 32.2. The summed E-state index contributed by atoms with van der Waals surface area (Å²) >= 11 is 0. The summed E-state index contributed by atoms with van der Waals surface area (Å²) in [6, 6.07) is 5.98. The molecule has 1 aromatic carbocycles. The molecule has 0 aliphatic carbocycles. The van der Waals surface area contributed by atoms with Gasteiger partial charge < -0.3 is 14.5 Å². The SMILES string of the molecule is CC(C)(CCOc1c(-c2ccc(S(C)(=O)=O)cc2)cnn(C(C)(C)C)c1=O)OP(=O)(O)O. The molecule has 0 radical (unpaired) electrons. The fourth-order valence-corrected chi connectivity index (χ4v) is 4.27. The van der Waals surface area contributed by atoms with Crippen LogP contribution in [0, 0.1) is 0 Å². The number of nitrogens with zero attached hydrogens (tertiary/aromatic N) is 2. The van der Waals surface area contributed by atoms with Gasteiger partial charge in [-0.15, -0.1) is 0 Å².